The lowest BCUT2D eigenvalue weighted by Gasteiger charge is -2.33. The van der Waals surface area contributed by atoms with Crippen LogP contribution in [0.1, 0.15) is 98.9 Å². The van der Waals surface area contributed by atoms with Crippen LogP contribution in [0.2, 0.25) is 0 Å². The molecule has 1 fully saturated rings. The van der Waals surface area contributed by atoms with Gasteiger partial charge in [0, 0.05) is 44.3 Å². The number of halogens is 3. The molecule has 4 atom stereocenters. The summed E-state index contributed by atoms with van der Waals surface area (Å²) in [4.78, 5) is 56.8. The van der Waals surface area contributed by atoms with Crippen molar-refractivity contribution in [2.24, 2.45) is 17.8 Å². The van der Waals surface area contributed by atoms with E-state index in [0.717, 1.165) is 29.9 Å². The van der Waals surface area contributed by atoms with Crippen molar-refractivity contribution < 1.29 is 41.8 Å². The molecule has 3 rings (SSSR count). The van der Waals surface area contributed by atoms with Crippen molar-refractivity contribution in [1.29, 1.82) is 0 Å². The minimum absolute atomic E-state index is 0.0339. The van der Waals surface area contributed by atoms with E-state index in [1.165, 1.54) is 44.4 Å². The van der Waals surface area contributed by atoms with Crippen LogP contribution in [-0.2, 0) is 36.5 Å². The number of aromatic nitrogens is 1. The maximum atomic E-state index is 13.4. The highest BCUT2D eigenvalue weighted by Gasteiger charge is 2.33. The predicted molar refractivity (Wildman–Crippen MR) is 167 cm³/mol. The summed E-state index contributed by atoms with van der Waals surface area (Å²) in [6.07, 6.45) is -0.981. The van der Waals surface area contributed by atoms with Crippen LogP contribution >= 0.6 is 11.3 Å². The Balaban J connectivity index is 1.77. The van der Waals surface area contributed by atoms with Crippen LogP contribution in [0, 0.1) is 17.8 Å². The molecule has 1 aliphatic carbocycles. The Morgan fingerprint density at radius 3 is 2.28 bits per heavy atom. The van der Waals surface area contributed by atoms with Gasteiger partial charge in [0.25, 0.3) is 5.91 Å². The molecule has 0 saturated heterocycles. The summed E-state index contributed by atoms with van der Waals surface area (Å²) in [6.45, 7) is 6.92. The molecule has 3 unspecified atom stereocenters. The summed E-state index contributed by atoms with van der Waals surface area (Å²) in [7, 11) is 3.02. The zero-order chi connectivity index (χ0) is 34.2. The molecule has 9 nitrogen and oxygen atoms in total. The summed E-state index contributed by atoms with van der Waals surface area (Å²) >= 11 is 1.15. The number of methoxy groups -OCH3 is 1. The van der Waals surface area contributed by atoms with Crippen molar-refractivity contribution in [2.45, 2.75) is 97.0 Å². The van der Waals surface area contributed by atoms with Crippen LogP contribution < -0.4 is 5.32 Å². The van der Waals surface area contributed by atoms with Crippen molar-refractivity contribution in [3.63, 3.8) is 0 Å². The topological polar surface area (TPSA) is 115 Å². The Labute approximate surface area is 272 Å². The van der Waals surface area contributed by atoms with Crippen molar-refractivity contribution >= 4 is 35.1 Å². The van der Waals surface area contributed by atoms with E-state index in [0.29, 0.717) is 29.3 Å². The summed E-state index contributed by atoms with van der Waals surface area (Å²) in [5, 5.41) is 4.80. The lowest BCUT2D eigenvalue weighted by Crippen LogP contribution is -2.41. The number of carbonyl (C=O) groups is 4. The predicted octanol–water partition coefficient (Wildman–Crippen LogP) is 6.37. The second-order valence-electron chi connectivity index (χ2n) is 12.4. The molecule has 254 valence electrons. The van der Waals surface area contributed by atoms with Crippen molar-refractivity contribution in [3.8, 4) is 0 Å². The van der Waals surface area contributed by atoms with Gasteiger partial charge in [-0.05, 0) is 48.8 Å². The molecule has 1 aromatic heterocycles. The first-order chi connectivity index (χ1) is 21.6. The number of carbonyl (C=O) groups excluding carboxylic acids is 4. The standard InChI is InChI=1S/C33H44F3N3O6S/c1-19(2)27(39(5)29(41)14-11-22-7-8-22)17-28(45-21(4)40)31-38-26(18-46-31)30(42)37-25(15-20(3)32(43)44-6)16-23-9-12-24(13-10-23)33(34,35)36/h9-10,12-13,18-20,22,25,27-28H,7-8,11,14-17H2,1-6H3,(H,37,42)/t20?,25-,27?,28?/m1/s1. The lowest BCUT2D eigenvalue weighted by molar-refractivity contribution is -0.148. The number of hydrogen-bond donors (Lipinski definition) is 1. The number of amides is 2. The molecule has 0 aliphatic heterocycles. The van der Waals surface area contributed by atoms with Gasteiger partial charge in [-0.15, -0.1) is 11.3 Å². The van der Waals surface area contributed by atoms with E-state index in [9.17, 15) is 32.3 Å². The molecule has 1 aliphatic rings. The number of benzene rings is 1. The number of rotatable bonds is 16. The molecular weight excluding hydrogens is 623 g/mol. The third-order valence-corrected chi connectivity index (χ3v) is 9.19. The van der Waals surface area contributed by atoms with E-state index < -0.39 is 47.6 Å². The second-order valence-corrected chi connectivity index (χ2v) is 13.3. The fourth-order valence-electron chi connectivity index (χ4n) is 5.42. The molecule has 2 amide bonds. The Kier molecular flexibility index (Phi) is 13.2. The molecular formula is C33H44F3N3O6S. The average molecular weight is 668 g/mol. The zero-order valence-electron chi connectivity index (χ0n) is 27.2. The average Bonchev–Trinajstić information content (AvgIpc) is 3.69. The van der Waals surface area contributed by atoms with Gasteiger partial charge >= 0.3 is 18.1 Å². The highest BCUT2D eigenvalue weighted by atomic mass is 32.1. The summed E-state index contributed by atoms with van der Waals surface area (Å²) in [5.74, 6) is -1.44. The summed E-state index contributed by atoms with van der Waals surface area (Å²) in [5.41, 5.74) is -0.180. The number of ether oxygens (including phenoxy) is 2. The van der Waals surface area contributed by atoms with Crippen molar-refractivity contribution in [3.05, 3.63) is 51.5 Å². The van der Waals surface area contributed by atoms with Gasteiger partial charge in [-0.2, -0.15) is 13.2 Å². The Morgan fingerprint density at radius 1 is 1.09 bits per heavy atom. The van der Waals surface area contributed by atoms with Crippen LogP contribution in [0.25, 0.3) is 0 Å². The molecule has 0 radical (unpaired) electrons. The van der Waals surface area contributed by atoms with E-state index in [1.807, 2.05) is 13.8 Å². The van der Waals surface area contributed by atoms with Crippen LogP contribution in [0.4, 0.5) is 13.2 Å². The van der Waals surface area contributed by atoms with E-state index in [2.05, 4.69) is 10.3 Å². The number of thiazole rings is 1. The molecule has 46 heavy (non-hydrogen) atoms. The SMILES string of the molecule is COC(=O)C(C)C[C@H](Cc1ccc(C(F)(F)F)cc1)NC(=O)c1csc(C(CC(C(C)C)N(C)C(=O)CCC2CC2)OC(C)=O)n1. The van der Waals surface area contributed by atoms with Crippen molar-refractivity contribution in [2.75, 3.05) is 14.2 Å². The number of hydrogen-bond acceptors (Lipinski definition) is 8. The highest BCUT2D eigenvalue weighted by Crippen LogP contribution is 2.35. The van der Waals surface area contributed by atoms with Crippen LogP contribution in [0.5, 0.6) is 0 Å². The van der Waals surface area contributed by atoms with Crippen LogP contribution in [-0.4, -0.2) is 59.9 Å². The maximum absolute atomic E-state index is 13.4. The Bertz CT molecular complexity index is 1340. The summed E-state index contributed by atoms with van der Waals surface area (Å²) < 4.78 is 49.6. The van der Waals surface area contributed by atoms with Gasteiger partial charge in [0.15, 0.2) is 6.10 Å². The van der Waals surface area contributed by atoms with Crippen molar-refractivity contribution in [1.82, 2.24) is 15.2 Å². The molecule has 1 saturated carbocycles. The Morgan fingerprint density at radius 2 is 1.74 bits per heavy atom. The molecule has 1 N–H and O–H groups in total. The normalized spacial score (nSPS) is 15.9. The first-order valence-corrected chi connectivity index (χ1v) is 16.4. The highest BCUT2D eigenvalue weighted by molar-refractivity contribution is 7.09. The summed E-state index contributed by atoms with van der Waals surface area (Å²) in [6, 6.07) is 3.76. The molecule has 13 heteroatoms. The largest absolute Gasteiger partial charge is 0.469 e. The van der Waals surface area contributed by atoms with Gasteiger partial charge in [-0.3, -0.25) is 19.2 Å². The molecule has 0 bridgehead atoms. The fourth-order valence-corrected chi connectivity index (χ4v) is 6.26. The number of nitrogens with one attached hydrogen (secondary N) is 1. The number of alkyl halides is 3. The quantitative estimate of drug-likeness (QED) is 0.207. The molecule has 0 spiro atoms. The van der Waals surface area contributed by atoms with Gasteiger partial charge in [0.1, 0.15) is 10.7 Å². The Hall–Kier alpha value is -3.48. The third kappa shape index (κ3) is 11.1. The van der Waals surface area contributed by atoms with E-state index in [1.54, 1.807) is 18.9 Å². The molecule has 1 aromatic carbocycles. The first-order valence-electron chi connectivity index (χ1n) is 15.5. The van der Waals surface area contributed by atoms with Gasteiger partial charge in [-0.25, -0.2) is 4.98 Å². The monoisotopic (exact) mass is 667 g/mol. The molecule has 1 heterocycles. The van der Waals surface area contributed by atoms with Gasteiger partial charge in [-0.1, -0.05) is 45.7 Å². The third-order valence-electron chi connectivity index (χ3n) is 8.26. The van der Waals surface area contributed by atoms with Gasteiger partial charge in [0.2, 0.25) is 5.91 Å². The zero-order valence-corrected chi connectivity index (χ0v) is 28.0. The van der Waals surface area contributed by atoms with Gasteiger partial charge < -0.3 is 19.7 Å². The second kappa shape index (κ2) is 16.4. The minimum Gasteiger partial charge on any atom is -0.469 e. The van der Waals surface area contributed by atoms with Crippen LogP contribution in [0.15, 0.2) is 29.6 Å². The maximum Gasteiger partial charge on any atom is 0.416 e. The van der Waals surface area contributed by atoms with Gasteiger partial charge in [0.05, 0.1) is 18.6 Å². The fraction of sp³-hybridized carbons (Fsp3) is 0.606. The minimum atomic E-state index is -4.48. The number of esters is 2. The number of nitrogens with zero attached hydrogens (tertiary/aromatic N) is 2. The first kappa shape index (κ1) is 37.0. The van der Waals surface area contributed by atoms with E-state index in [4.69, 9.17) is 9.47 Å². The van der Waals surface area contributed by atoms with Crippen LogP contribution in [0.3, 0.4) is 0 Å². The smallest absolute Gasteiger partial charge is 0.416 e. The lowest BCUT2D eigenvalue weighted by atomic mass is 9.95. The van der Waals surface area contributed by atoms with E-state index >= 15 is 0 Å². The molecule has 2 aromatic rings. The van der Waals surface area contributed by atoms with E-state index in [-0.39, 0.29) is 36.4 Å².